The van der Waals surface area contributed by atoms with Crippen LogP contribution in [-0.2, 0) is 5.79 Å². The maximum atomic E-state index is 4.35. The summed E-state index contributed by atoms with van der Waals surface area (Å²) in [5.74, 6) is -0.383. The zero-order valence-corrected chi connectivity index (χ0v) is 6.73. The van der Waals surface area contributed by atoms with Gasteiger partial charge in [-0.1, -0.05) is 0 Å². The molecule has 2 aliphatic heterocycles. The molecule has 0 bridgehead atoms. The molecule has 0 fully saturated rings. The molecule has 0 atom stereocenters. The summed E-state index contributed by atoms with van der Waals surface area (Å²) < 4.78 is 2.13. The SMILES string of the molecule is CC12N=Cc3cccc([n+]31)C=N2. The Morgan fingerprint density at radius 2 is 1.75 bits per heavy atom. The van der Waals surface area contributed by atoms with Crippen molar-refractivity contribution in [1.29, 1.82) is 0 Å². The van der Waals surface area contributed by atoms with Crippen LogP contribution < -0.4 is 4.57 Å². The molecule has 0 saturated carbocycles. The number of nitrogens with zero attached hydrogens (tertiary/aromatic N) is 3. The summed E-state index contributed by atoms with van der Waals surface area (Å²) in [6.45, 7) is 2.01. The predicted molar refractivity (Wildman–Crippen MR) is 45.5 cm³/mol. The summed E-state index contributed by atoms with van der Waals surface area (Å²) >= 11 is 0. The second-order valence-electron chi connectivity index (χ2n) is 3.20. The van der Waals surface area contributed by atoms with Gasteiger partial charge in [0, 0.05) is 19.1 Å². The van der Waals surface area contributed by atoms with E-state index in [4.69, 9.17) is 0 Å². The van der Waals surface area contributed by atoms with Crippen molar-refractivity contribution in [2.24, 2.45) is 9.98 Å². The molecule has 0 radical (unpaired) electrons. The lowest BCUT2D eigenvalue weighted by Gasteiger charge is -2.05. The van der Waals surface area contributed by atoms with E-state index in [9.17, 15) is 0 Å². The first-order valence-corrected chi connectivity index (χ1v) is 3.96. The summed E-state index contributed by atoms with van der Waals surface area (Å²) in [5.41, 5.74) is 2.26. The number of hydrogen-bond acceptors (Lipinski definition) is 2. The molecule has 12 heavy (non-hydrogen) atoms. The standard InChI is InChI=1S/C9H8N3/c1-9-10-5-7-3-2-4-8(6-11-9)12(7)9/h2-6H,1H3/q+1. The lowest BCUT2D eigenvalue weighted by Crippen LogP contribution is -2.50. The molecule has 3 heterocycles. The zero-order chi connectivity index (χ0) is 8.18. The fourth-order valence-corrected chi connectivity index (χ4v) is 1.76. The molecular weight excluding hydrogens is 150 g/mol. The van der Waals surface area contributed by atoms with Crippen molar-refractivity contribution in [3.05, 3.63) is 29.6 Å². The van der Waals surface area contributed by atoms with Crippen molar-refractivity contribution in [3.8, 4) is 0 Å². The fourth-order valence-electron chi connectivity index (χ4n) is 1.76. The highest BCUT2D eigenvalue weighted by Gasteiger charge is 2.44. The number of hydrogen-bond donors (Lipinski definition) is 0. The first-order valence-electron chi connectivity index (χ1n) is 3.96. The number of aromatic nitrogens is 1. The van der Waals surface area contributed by atoms with Gasteiger partial charge in [-0.3, -0.25) is 0 Å². The van der Waals surface area contributed by atoms with Crippen molar-refractivity contribution in [2.75, 3.05) is 0 Å². The van der Waals surface area contributed by atoms with E-state index in [1.54, 1.807) is 0 Å². The zero-order valence-electron chi connectivity index (χ0n) is 6.73. The smallest absolute Gasteiger partial charge is 0.194 e. The van der Waals surface area contributed by atoms with Crippen LogP contribution in [0.1, 0.15) is 18.3 Å². The molecular formula is C9H8N3+. The third kappa shape index (κ3) is 0.512. The van der Waals surface area contributed by atoms with Gasteiger partial charge in [0.2, 0.25) is 11.4 Å². The normalized spacial score (nSPS) is 20.1. The Kier molecular flexibility index (Phi) is 0.822. The minimum Gasteiger partial charge on any atom is -0.194 e. The molecule has 0 N–H and O–H groups in total. The van der Waals surface area contributed by atoms with Gasteiger partial charge in [0.15, 0.2) is 0 Å². The first kappa shape index (κ1) is 6.06. The van der Waals surface area contributed by atoms with E-state index in [0.717, 1.165) is 11.4 Å². The van der Waals surface area contributed by atoms with Gasteiger partial charge >= 0.3 is 5.79 Å². The summed E-state index contributed by atoms with van der Waals surface area (Å²) in [5, 5.41) is 0. The molecule has 0 aromatic carbocycles. The lowest BCUT2D eigenvalue weighted by atomic mass is 10.3. The van der Waals surface area contributed by atoms with Crippen molar-refractivity contribution in [3.63, 3.8) is 0 Å². The third-order valence-corrected chi connectivity index (χ3v) is 2.36. The molecule has 2 aliphatic rings. The molecule has 3 heteroatoms. The summed E-state index contributed by atoms with van der Waals surface area (Å²) in [7, 11) is 0. The average molecular weight is 158 g/mol. The van der Waals surface area contributed by atoms with Gasteiger partial charge in [-0.25, -0.2) is 0 Å². The summed E-state index contributed by atoms with van der Waals surface area (Å²) in [6, 6.07) is 6.12. The van der Waals surface area contributed by atoms with Crippen LogP contribution in [0.25, 0.3) is 0 Å². The van der Waals surface area contributed by atoms with Crippen LogP contribution in [0.3, 0.4) is 0 Å². The van der Waals surface area contributed by atoms with Crippen molar-refractivity contribution in [1.82, 2.24) is 0 Å². The Balaban J connectivity index is 2.45. The van der Waals surface area contributed by atoms with Crippen LogP contribution in [0, 0.1) is 0 Å². The van der Waals surface area contributed by atoms with Gasteiger partial charge in [0.05, 0.1) is 0 Å². The fraction of sp³-hybridized carbons (Fsp3) is 0.222. The topological polar surface area (TPSA) is 28.6 Å². The minimum absolute atomic E-state index is 0.383. The van der Waals surface area contributed by atoms with Gasteiger partial charge in [-0.2, -0.15) is 9.98 Å². The van der Waals surface area contributed by atoms with Gasteiger partial charge in [0.25, 0.3) is 0 Å². The second kappa shape index (κ2) is 1.63. The van der Waals surface area contributed by atoms with E-state index < -0.39 is 0 Å². The summed E-state index contributed by atoms with van der Waals surface area (Å²) in [6.07, 6.45) is 3.75. The molecule has 0 spiro atoms. The molecule has 58 valence electrons. The quantitative estimate of drug-likeness (QED) is 0.491. The molecule has 1 aromatic heterocycles. The molecule has 3 nitrogen and oxygen atoms in total. The van der Waals surface area contributed by atoms with E-state index in [1.165, 1.54) is 0 Å². The average Bonchev–Trinajstić information content (AvgIpc) is 2.58. The molecule has 3 rings (SSSR count). The van der Waals surface area contributed by atoms with Crippen LogP contribution >= 0.6 is 0 Å². The lowest BCUT2D eigenvalue weighted by molar-refractivity contribution is -0.749. The van der Waals surface area contributed by atoms with E-state index in [-0.39, 0.29) is 5.79 Å². The van der Waals surface area contributed by atoms with Crippen LogP contribution in [0.4, 0.5) is 0 Å². The molecule has 0 amide bonds. The Morgan fingerprint density at radius 3 is 2.33 bits per heavy atom. The Morgan fingerprint density at radius 1 is 1.17 bits per heavy atom. The predicted octanol–water partition coefficient (Wildman–Crippen LogP) is 0.469. The van der Waals surface area contributed by atoms with Gasteiger partial charge in [-0.15, -0.1) is 4.57 Å². The van der Waals surface area contributed by atoms with E-state index in [2.05, 4.69) is 14.6 Å². The van der Waals surface area contributed by atoms with Crippen LogP contribution in [0.5, 0.6) is 0 Å². The Hall–Kier alpha value is -1.51. The van der Waals surface area contributed by atoms with Crippen molar-refractivity contribution >= 4 is 12.4 Å². The third-order valence-electron chi connectivity index (χ3n) is 2.36. The highest BCUT2D eigenvalue weighted by molar-refractivity contribution is 5.82. The number of pyridine rings is 1. The summed E-state index contributed by atoms with van der Waals surface area (Å²) in [4.78, 5) is 8.69. The highest BCUT2D eigenvalue weighted by atomic mass is 15.4. The van der Waals surface area contributed by atoms with Crippen molar-refractivity contribution in [2.45, 2.75) is 12.7 Å². The van der Waals surface area contributed by atoms with Gasteiger partial charge in [0.1, 0.15) is 12.4 Å². The van der Waals surface area contributed by atoms with Crippen LogP contribution in [0.15, 0.2) is 28.2 Å². The Labute approximate surface area is 70.1 Å². The van der Waals surface area contributed by atoms with Crippen LogP contribution in [0.2, 0.25) is 0 Å². The van der Waals surface area contributed by atoms with Crippen LogP contribution in [-0.4, -0.2) is 12.4 Å². The van der Waals surface area contributed by atoms with E-state index in [0.29, 0.717) is 0 Å². The van der Waals surface area contributed by atoms with E-state index in [1.807, 2.05) is 37.6 Å². The van der Waals surface area contributed by atoms with E-state index >= 15 is 0 Å². The second-order valence-corrected chi connectivity index (χ2v) is 3.20. The maximum Gasteiger partial charge on any atom is 0.359 e. The first-order chi connectivity index (χ1) is 5.80. The largest absolute Gasteiger partial charge is 0.359 e. The molecule has 1 aromatic rings. The molecule has 0 aliphatic carbocycles. The maximum absolute atomic E-state index is 4.35. The minimum atomic E-state index is -0.383. The van der Waals surface area contributed by atoms with Gasteiger partial charge < -0.3 is 0 Å². The monoisotopic (exact) mass is 158 g/mol. The highest BCUT2D eigenvalue weighted by Crippen LogP contribution is 2.22. The number of aliphatic imine (C=N–C) groups is 2. The van der Waals surface area contributed by atoms with Gasteiger partial charge in [-0.05, 0) is 6.07 Å². The number of rotatable bonds is 0. The van der Waals surface area contributed by atoms with Crippen molar-refractivity contribution < 1.29 is 4.57 Å². The Bertz CT molecular complexity index is 386. The molecule has 0 saturated heterocycles. The molecule has 0 unspecified atom stereocenters.